The van der Waals surface area contributed by atoms with Gasteiger partial charge in [0, 0.05) is 12.2 Å². The van der Waals surface area contributed by atoms with Crippen molar-refractivity contribution in [2.45, 2.75) is 10.3 Å². The molecule has 7 heteroatoms. The van der Waals surface area contributed by atoms with Crippen LogP contribution in [0.5, 0.6) is 0 Å². The second-order valence-electron chi connectivity index (χ2n) is 3.26. The first kappa shape index (κ1) is 14.2. The van der Waals surface area contributed by atoms with Crippen LogP contribution in [0.4, 0.5) is 10.5 Å². The number of carboxylic acid groups (broad SMARTS) is 1. The molecule has 0 aliphatic carbocycles. The Kier molecular flexibility index (Phi) is 5.18. The summed E-state index contributed by atoms with van der Waals surface area (Å²) in [4.78, 5) is 9.65. The van der Waals surface area contributed by atoms with Crippen LogP contribution in [0.3, 0.4) is 0 Å². The van der Waals surface area contributed by atoms with Gasteiger partial charge in [0.15, 0.2) is 0 Å². The molecule has 0 atom stereocenters. The van der Waals surface area contributed by atoms with E-state index in [1.807, 2.05) is 0 Å². The van der Waals surface area contributed by atoms with Gasteiger partial charge in [-0.15, -0.1) is 0 Å². The molecular weight excluding hydrogens is 286 g/mol. The van der Waals surface area contributed by atoms with E-state index in [1.54, 1.807) is 5.32 Å². The summed E-state index contributed by atoms with van der Waals surface area (Å²) in [5.41, 5.74) is 2.77. The van der Waals surface area contributed by atoms with Crippen molar-refractivity contribution in [3.63, 3.8) is 0 Å². The average molecular weight is 298 g/mol. The van der Waals surface area contributed by atoms with Crippen molar-refractivity contribution in [3.05, 3.63) is 29.8 Å². The third-order valence-electron chi connectivity index (χ3n) is 1.98. The number of carbonyl (C=O) groups is 1. The van der Waals surface area contributed by atoms with Crippen LogP contribution in [0.25, 0.3) is 0 Å². The molecule has 0 unspecified atom stereocenters. The first-order valence-electron chi connectivity index (χ1n) is 4.78. The quantitative estimate of drug-likeness (QED) is 0.509. The van der Waals surface area contributed by atoms with Gasteiger partial charge >= 0.3 is 6.09 Å². The van der Waals surface area contributed by atoms with E-state index in [0.717, 1.165) is 6.54 Å². The highest BCUT2D eigenvalue weighted by molar-refractivity contribution is 6.67. The van der Waals surface area contributed by atoms with Crippen molar-refractivity contribution in [1.82, 2.24) is 5.32 Å². The lowest BCUT2D eigenvalue weighted by Crippen LogP contribution is -2.32. The number of alkyl halides is 3. The maximum atomic E-state index is 9.65. The number of halogens is 3. The summed E-state index contributed by atoms with van der Waals surface area (Å²) in [5, 5.41) is 12.8. The summed E-state index contributed by atoms with van der Waals surface area (Å²) in [6.07, 6.45) is -0.180. The number of rotatable bonds is 0. The fraction of sp³-hybridized carbons (Fsp3) is 0.300. The zero-order chi connectivity index (χ0) is 12.9. The monoisotopic (exact) mass is 296 g/mol. The molecule has 0 saturated carbocycles. The summed E-state index contributed by atoms with van der Waals surface area (Å²) in [6.45, 7) is 1.11. The smallest absolute Gasteiger partial charge is 0.407 e. The SMILES string of the molecule is O=C(O)NC(Cl)(Cl)Cl.c1ccc2c(c1)CCN2. The maximum Gasteiger partial charge on any atom is 0.407 e. The Morgan fingerprint density at radius 2 is 2.00 bits per heavy atom. The Hall–Kier alpha value is -0.840. The van der Waals surface area contributed by atoms with Crippen molar-refractivity contribution in [2.24, 2.45) is 0 Å². The molecule has 0 spiro atoms. The number of anilines is 1. The standard InChI is InChI=1S/C8H9N.C2H2Cl3NO2/c1-2-4-8-7(3-1)5-6-9-8;3-2(4,5)6-1(7)8/h1-4,9H,5-6H2;6H,(H,7,8). The Balaban J connectivity index is 0.000000172. The number of amides is 1. The van der Waals surface area contributed by atoms with Crippen LogP contribution < -0.4 is 10.6 Å². The third-order valence-corrected chi connectivity index (χ3v) is 2.26. The highest BCUT2D eigenvalue weighted by atomic mass is 35.6. The molecule has 1 aromatic rings. The Labute approximate surface area is 114 Å². The summed E-state index contributed by atoms with van der Waals surface area (Å²) in [6, 6.07) is 8.46. The minimum absolute atomic E-state index is 1.11. The zero-order valence-corrected chi connectivity index (χ0v) is 11.0. The van der Waals surface area contributed by atoms with E-state index in [1.165, 1.54) is 17.7 Å². The number of para-hydroxylation sites is 1. The summed E-state index contributed by atoms with van der Waals surface area (Å²) >= 11 is 14.9. The lowest BCUT2D eigenvalue weighted by Gasteiger charge is -2.07. The highest BCUT2D eigenvalue weighted by Gasteiger charge is 2.20. The van der Waals surface area contributed by atoms with E-state index < -0.39 is 10.0 Å². The molecule has 1 amide bonds. The van der Waals surface area contributed by atoms with Crippen LogP contribution in [-0.4, -0.2) is 21.7 Å². The number of fused-ring (bicyclic) bond motifs is 1. The molecule has 0 saturated heterocycles. The lowest BCUT2D eigenvalue weighted by molar-refractivity contribution is 0.194. The van der Waals surface area contributed by atoms with Gasteiger partial charge in [-0.25, -0.2) is 4.79 Å². The van der Waals surface area contributed by atoms with Crippen molar-refractivity contribution < 1.29 is 9.90 Å². The van der Waals surface area contributed by atoms with Gasteiger partial charge < -0.3 is 10.4 Å². The van der Waals surface area contributed by atoms with Gasteiger partial charge in [0.2, 0.25) is 0 Å². The molecule has 17 heavy (non-hydrogen) atoms. The van der Waals surface area contributed by atoms with Crippen LogP contribution in [0.2, 0.25) is 0 Å². The van der Waals surface area contributed by atoms with E-state index in [4.69, 9.17) is 39.9 Å². The van der Waals surface area contributed by atoms with Crippen LogP contribution in [0.15, 0.2) is 24.3 Å². The van der Waals surface area contributed by atoms with Crippen molar-refractivity contribution in [2.75, 3.05) is 11.9 Å². The molecule has 3 N–H and O–H groups in total. The fourth-order valence-electron chi connectivity index (χ4n) is 1.36. The van der Waals surface area contributed by atoms with Crippen LogP contribution in [0.1, 0.15) is 5.56 Å². The molecule has 0 fully saturated rings. The van der Waals surface area contributed by atoms with E-state index in [9.17, 15) is 4.79 Å². The number of hydrogen-bond acceptors (Lipinski definition) is 2. The van der Waals surface area contributed by atoms with Crippen molar-refractivity contribution in [1.29, 1.82) is 0 Å². The van der Waals surface area contributed by atoms with Crippen LogP contribution in [0, 0.1) is 0 Å². The molecule has 2 rings (SSSR count). The Bertz CT molecular complexity index is 370. The number of nitrogens with one attached hydrogen (secondary N) is 2. The van der Waals surface area contributed by atoms with Crippen molar-refractivity contribution >= 4 is 46.6 Å². The Morgan fingerprint density at radius 1 is 1.35 bits per heavy atom. The van der Waals surface area contributed by atoms with Crippen LogP contribution in [-0.2, 0) is 6.42 Å². The van der Waals surface area contributed by atoms with Crippen molar-refractivity contribution in [3.8, 4) is 0 Å². The summed E-state index contributed by atoms with van der Waals surface area (Å²) in [5.74, 6) is 0. The normalized spacial score (nSPS) is 12.9. The van der Waals surface area contributed by atoms with E-state index in [2.05, 4.69) is 29.6 Å². The van der Waals surface area contributed by atoms with Gasteiger partial charge in [-0.05, 0) is 18.1 Å². The molecule has 1 heterocycles. The number of hydrogen-bond donors (Lipinski definition) is 3. The molecule has 0 aromatic heterocycles. The van der Waals surface area contributed by atoms with Gasteiger partial charge in [-0.1, -0.05) is 53.0 Å². The summed E-state index contributed by atoms with van der Waals surface area (Å²) in [7, 11) is 0. The predicted molar refractivity (Wildman–Crippen MR) is 70.1 cm³/mol. The van der Waals surface area contributed by atoms with Crippen LogP contribution >= 0.6 is 34.8 Å². The van der Waals surface area contributed by atoms with E-state index in [0.29, 0.717) is 0 Å². The van der Waals surface area contributed by atoms with Gasteiger partial charge in [0.05, 0.1) is 0 Å². The predicted octanol–water partition coefficient (Wildman–Crippen LogP) is 3.24. The van der Waals surface area contributed by atoms with E-state index in [-0.39, 0.29) is 0 Å². The second kappa shape index (κ2) is 6.19. The fourth-order valence-corrected chi connectivity index (χ4v) is 1.61. The maximum absolute atomic E-state index is 9.65. The first-order chi connectivity index (χ1) is 7.88. The third kappa shape index (κ3) is 5.86. The molecule has 1 aliphatic heterocycles. The largest absolute Gasteiger partial charge is 0.465 e. The molecule has 0 radical (unpaired) electrons. The molecule has 4 nitrogen and oxygen atoms in total. The number of benzene rings is 1. The average Bonchev–Trinajstić information content (AvgIpc) is 2.61. The molecule has 1 aliphatic rings. The van der Waals surface area contributed by atoms with Gasteiger partial charge in [-0.3, -0.25) is 5.32 Å². The molecule has 94 valence electrons. The first-order valence-corrected chi connectivity index (χ1v) is 5.91. The zero-order valence-electron chi connectivity index (χ0n) is 8.71. The minimum atomic E-state index is -1.91. The second-order valence-corrected chi connectivity index (χ2v) is 5.54. The van der Waals surface area contributed by atoms with Gasteiger partial charge in [0.25, 0.3) is 3.92 Å². The lowest BCUT2D eigenvalue weighted by atomic mass is 10.2. The van der Waals surface area contributed by atoms with Gasteiger partial charge in [-0.2, -0.15) is 0 Å². The Morgan fingerprint density at radius 3 is 2.47 bits per heavy atom. The molecular formula is C10H11Cl3N2O2. The van der Waals surface area contributed by atoms with Gasteiger partial charge in [0.1, 0.15) is 0 Å². The molecule has 1 aromatic carbocycles. The topological polar surface area (TPSA) is 61.4 Å². The highest BCUT2D eigenvalue weighted by Crippen LogP contribution is 2.21. The molecule has 0 bridgehead atoms. The minimum Gasteiger partial charge on any atom is -0.465 e. The van der Waals surface area contributed by atoms with E-state index >= 15 is 0 Å². The summed E-state index contributed by atoms with van der Waals surface area (Å²) < 4.78 is -1.91.